The van der Waals surface area contributed by atoms with E-state index in [0.29, 0.717) is 23.7 Å². The Morgan fingerprint density at radius 3 is 2.13 bits per heavy atom. The molecule has 39 heavy (non-hydrogen) atoms. The summed E-state index contributed by atoms with van der Waals surface area (Å²) in [6.45, 7) is 5.85. The SMILES string of the molecule is CCCCCCCCCCCCCCOc1c(OC)cccc1C(=O)Nc1ccc(CN2C=C(C)SC2)cc1. The van der Waals surface area contributed by atoms with Crippen LogP contribution in [0.2, 0.25) is 0 Å². The van der Waals surface area contributed by atoms with E-state index in [0.717, 1.165) is 31.0 Å². The number of para-hydroxylation sites is 1. The summed E-state index contributed by atoms with van der Waals surface area (Å²) in [7, 11) is 1.61. The Morgan fingerprint density at radius 1 is 0.897 bits per heavy atom. The number of ether oxygens (including phenoxy) is 2. The Kier molecular flexibility index (Phi) is 14.2. The summed E-state index contributed by atoms with van der Waals surface area (Å²) in [5, 5.41) is 3.02. The van der Waals surface area contributed by atoms with Crippen LogP contribution >= 0.6 is 11.8 Å². The Hall–Kier alpha value is -2.60. The smallest absolute Gasteiger partial charge is 0.259 e. The lowest BCUT2D eigenvalue weighted by Gasteiger charge is -2.16. The molecule has 0 unspecified atom stereocenters. The molecular weight excluding hydrogens is 504 g/mol. The van der Waals surface area contributed by atoms with Crippen molar-refractivity contribution in [3.63, 3.8) is 0 Å². The van der Waals surface area contributed by atoms with E-state index in [1.807, 2.05) is 36.0 Å². The molecule has 6 heteroatoms. The lowest BCUT2D eigenvalue weighted by molar-refractivity contribution is 0.102. The fourth-order valence-electron chi connectivity index (χ4n) is 4.86. The molecule has 1 amide bonds. The number of anilines is 1. The fourth-order valence-corrected chi connectivity index (χ4v) is 5.61. The molecule has 0 saturated carbocycles. The maximum Gasteiger partial charge on any atom is 0.259 e. The Bertz CT molecular complexity index is 1020. The second-order valence-electron chi connectivity index (χ2n) is 10.5. The second-order valence-corrected chi connectivity index (χ2v) is 11.7. The van der Waals surface area contributed by atoms with E-state index in [1.54, 1.807) is 13.2 Å². The molecule has 0 bridgehead atoms. The topological polar surface area (TPSA) is 50.8 Å². The number of carbonyl (C=O) groups is 1. The molecule has 1 N–H and O–H groups in total. The third kappa shape index (κ3) is 11.2. The maximum absolute atomic E-state index is 13.2. The molecule has 214 valence electrons. The third-order valence-electron chi connectivity index (χ3n) is 7.11. The first-order valence-corrected chi connectivity index (χ1v) is 15.8. The van der Waals surface area contributed by atoms with Gasteiger partial charge in [-0.3, -0.25) is 4.79 Å². The fraction of sp³-hybridized carbons (Fsp3) is 0.545. The van der Waals surface area contributed by atoms with Gasteiger partial charge in [0.15, 0.2) is 11.5 Å². The van der Waals surface area contributed by atoms with Gasteiger partial charge in [-0.25, -0.2) is 0 Å². The summed E-state index contributed by atoms with van der Waals surface area (Å²) in [5.74, 6) is 1.90. The summed E-state index contributed by atoms with van der Waals surface area (Å²) in [4.78, 5) is 16.8. The van der Waals surface area contributed by atoms with Crippen LogP contribution in [0.5, 0.6) is 11.5 Å². The van der Waals surface area contributed by atoms with Gasteiger partial charge >= 0.3 is 0 Å². The quantitative estimate of drug-likeness (QED) is 0.176. The molecule has 0 aliphatic carbocycles. The van der Waals surface area contributed by atoms with E-state index in [9.17, 15) is 4.79 Å². The second kappa shape index (κ2) is 17.9. The molecule has 2 aromatic carbocycles. The number of hydrogen-bond acceptors (Lipinski definition) is 5. The van der Waals surface area contributed by atoms with Crippen LogP contribution in [0.25, 0.3) is 0 Å². The van der Waals surface area contributed by atoms with Gasteiger partial charge in [-0.15, -0.1) is 11.8 Å². The number of rotatable bonds is 19. The van der Waals surface area contributed by atoms with Crippen molar-refractivity contribution in [1.82, 2.24) is 4.90 Å². The molecule has 1 heterocycles. The van der Waals surface area contributed by atoms with E-state index in [2.05, 4.69) is 42.4 Å². The van der Waals surface area contributed by atoms with Crippen LogP contribution in [0.15, 0.2) is 53.6 Å². The number of thioether (sulfide) groups is 1. The number of carbonyl (C=O) groups excluding carboxylic acids is 1. The Labute approximate surface area is 240 Å². The summed E-state index contributed by atoms with van der Waals surface area (Å²) in [5.41, 5.74) is 2.47. The lowest BCUT2D eigenvalue weighted by atomic mass is 10.1. The van der Waals surface area contributed by atoms with Crippen LogP contribution in [-0.4, -0.2) is 30.4 Å². The highest BCUT2D eigenvalue weighted by atomic mass is 32.2. The molecule has 5 nitrogen and oxygen atoms in total. The minimum atomic E-state index is -0.194. The van der Waals surface area contributed by atoms with Crippen molar-refractivity contribution >= 4 is 23.4 Å². The Morgan fingerprint density at radius 2 is 1.54 bits per heavy atom. The molecule has 3 rings (SSSR count). The van der Waals surface area contributed by atoms with Crippen molar-refractivity contribution < 1.29 is 14.3 Å². The summed E-state index contributed by atoms with van der Waals surface area (Å²) >= 11 is 1.86. The number of amides is 1. The normalized spacial score (nSPS) is 12.9. The van der Waals surface area contributed by atoms with Gasteiger partial charge in [0.05, 0.1) is 25.2 Å². The number of unbranched alkanes of at least 4 members (excludes halogenated alkanes) is 11. The van der Waals surface area contributed by atoms with Gasteiger partial charge in [0.1, 0.15) is 0 Å². The first-order valence-electron chi connectivity index (χ1n) is 14.9. The van der Waals surface area contributed by atoms with Crippen LogP contribution in [-0.2, 0) is 6.54 Å². The minimum Gasteiger partial charge on any atom is -0.493 e. The summed E-state index contributed by atoms with van der Waals surface area (Å²) in [6, 6.07) is 13.5. The molecule has 0 aromatic heterocycles. The zero-order chi connectivity index (χ0) is 27.7. The average molecular weight is 553 g/mol. The molecule has 0 fully saturated rings. The number of nitrogens with one attached hydrogen (secondary N) is 1. The molecule has 1 aliphatic rings. The molecular formula is C33H48N2O3S. The molecule has 2 aromatic rings. The maximum atomic E-state index is 13.2. The van der Waals surface area contributed by atoms with Gasteiger partial charge in [-0.05, 0) is 48.1 Å². The predicted molar refractivity (Wildman–Crippen MR) is 166 cm³/mol. The van der Waals surface area contributed by atoms with Gasteiger partial charge < -0.3 is 19.7 Å². The van der Waals surface area contributed by atoms with Crippen molar-refractivity contribution in [1.29, 1.82) is 0 Å². The van der Waals surface area contributed by atoms with E-state index < -0.39 is 0 Å². The van der Waals surface area contributed by atoms with E-state index in [-0.39, 0.29) is 5.91 Å². The van der Waals surface area contributed by atoms with E-state index in [4.69, 9.17) is 9.47 Å². The standard InChI is InChI=1S/C33H48N2O3S/c1-4-5-6-7-8-9-10-11-12-13-14-15-23-38-32-30(17-16-18-31(32)37-3)33(36)34-29-21-19-28(20-22-29)25-35-24-27(2)39-26-35/h16-22,24H,4-15,23,25-26H2,1-3H3,(H,34,36). The van der Waals surface area contributed by atoms with Crippen molar-refractivity contribution in [2.24, 2.45) is 0 Å². The van der Waals surface area contributed by atoms with Gasteiger partial charge in [-0.2, -0.15) is 0 Å². The van der Waals surface area contributed by atoms with Crippen LogP contribution < -0.4 is 14.8 Å². The number of nitrogens with zero attached hydrogens (tertiary/aromatic N) is 1. The summed E-state index contributed by atoms with van der Waals surface area (Å²) in [6.07, 6.45) is 17.8. The van der Waals surface area contributed by atoms with Crippen LogP contribution in [0, 0.1) is 0 Å². The van der Waals surface area contributed by atoms with Crippen molar-refractivity contribution in [3.05, 3.63) is 64.7 Å². The Balaban J connectivity index is 1.40. The number of methoxy groups -OCH3 is 1. The molecule has 0 atom stereocenters. The minimum absolute atomic E-state index is 0.194. The van der Waals surface area contributed by atoms with Crippen molar-refractivity contribution in [3.8, 4) is 11.5 Å². The highest BCUT2D eigenvalue weighted by Crippen LogP contribution is 2.32. The monoisotopic (exact) mass is 552 g/mol. The highest BCUT2D eigenvalue weighted by molar-refractivity contribution is 8.03. The largest absolute Gasteiger partial charge is 0.493 e. The van der Waals surface area contributed by atoms with Crippen LogP contribution in [0.3, 0.4) is 0 Å². The zero-order valence-corrected chi connectivity index (χ0v) is 25.1. The number of allylic oxidation sites excluding steroid dienone is 1. The van der Waals surface area contributed by atoms with Gasteiger partial charge in [0.2, 0.25) is 0 Å². The zero-order valence-electron chi connectivity index (χ0n) is 24.3. The van der Waals surface area contributed by atoms with Crippen molar-refractivity contribution in [2.75, 3.05) is 24.9 Å². The van der Waals surface area contributed by atoms with Gasteiger partial charge in [-0.1, -0.05) is 95.8 Å². The van der Waals surface area contributed by atoms with Gasteiger partial charge in [0.25, 0.3) is 5.91 Å². The number of benzene rings is 2. The first-order chi connectivity index (χ1) is 19.1. The molecule has 0 saturated heterocycles. The van der Waals surface area contributed by atoms with Crippen molar-refractivity contribution in [2.45, 2.75) is 97.4 Å². The summed E-state index contributed by atoms with van der Waals surface area (Å²) < 4.78 is 11.6. The number of hydrogen-bond donors (Lipinski definition) is 1. The van der Waals surface area contributed by atoms with Gasteiger partial charge in [0, 0.05) is 18.4 Å². The first kappa shape index (κ1) is 30.9. The third-order valence-corrected chi connectivity index (χ3v) is 8.13. The van der Waals surface area contributed by atoms with Crippen LogP contribution in [0.1, 0.15) is 107 Å². The molecule has 1 aliphatic heterocycles. The molecule has 0 spiro atoms. The van der Waals surface area contributed by atoms with E-state index >= 15 is 0 Å². The molecule has 0 radical (unpaired) electrons. The predicted octanol–water partition coefficient (Wildman–Crippen LogP) is 9.39. The average Bonchev–Trinajstić information content (AvgIpc) is 3.36. The highest BCUT2D eigenvalue weighted by Gasteiger charge is 2.18. The van der Waals surface area contributed by atoms with E-state index in [1.165, 1.54) is 74.7 Å². The lowest BCUT2D eigenvalue weighted by Crippen LogP contribution is -2.15. The van der Waals surface area contributed by atoms with Crippen LogP contribution in [0.4, 0.5) is 5.69 Å².